The topological polar surface area (TPSA) is 61.8 Å². The summed E-state index contributed by atoms with van der Waals surface area (Å²) in [7, 11) is 2.13. The Labute approximate surface area is 160 Å². The minimum atomic E-state index is 0. The van der Waals surface area contributed by atoms with E-state index in [2.05, 4.69) is 46.4 Å². The van der Waals surface area contributed by atoms with E-state index in [9.17, 15) is 0 Å². The minimum Gasteiger partial charge on any atom is -0.374 e. The molecule has 23 heavy (non-hydrogen) atoms. The molecular weight excluding hydrogens is 425 g/mol. The fraction of sp³-hybridized carbons (Fsp3) is 0.733. The highest BCUT2D eigenvalue weighted by molar-refractivity contribution is 14.0. The Kier molecular flexibility index (Phi) is 10.00. The number of ether oxygens (including phenoxy) is 1. The first-order valence-electron chi connectivity index (χ1n) is 7.97. The van der Waals surface area contributed by atoms with Gasteiger partial charge >= 0.3 is 0 Å². The van der Waals surface area contributed by atoms with Crippen LogP contribution in [0.5, 0.6) is 0 Å². The highest BCUT2D eigenvalue weighted by Crippen LogP contribution is 2.13. The van der Waals surface area contributed by atoms with Gasteiger partial charge < -0.3 is 20.3 Å². The van der Waals surface area contributed by atoms with Crippen LogP contribution in [-0.2, 0) is 17.7 Å². The lowest BCUT2D eigenvalue weighted by Gasteiger charge is -2.30. The van der Waals surface area contributed by atoms with Crippen LogP contribution in [0.1, 0.15) is 23.7 Å². The van der Waals surface area contributed by atoms with Crippen LogP contribution < -0.4 is 10.6 Å². The quantitative estimate of drug-likeness (QED) is 0.390. The van der Waals surface area contributed by atoms with Crippen molar-refractivity contribution in [2.75, 3.05) is 39.8 Å². The van der Waals surface area contributed by atoms with Gasteiger partial charge in [-0.15, -0.1) is 35.3 Å². The number of morpholine rings is 1. The number of hydrogen-bond acceptors (Lipinski definition) is 5. The molecule has 0 saturated carbocycles. The summed E-state index contributed by atoms with van der Waals surface area (Å²) in [4.78, 5) is 12.6. The molecule has 6 nitrogen and oxygen atoms in total. The summed E-state index contributed by atoms with van der Waals surface area (Å²) in [6.07, 6.45) is 3.20. The molecule has 1 atom stereocenters. The van der Waals surface area contributed by atoms with E-state index in [1.54, 1.807) is 11.3 Å². The van der Waals surface area contributed by atoms with Crippen molar-refractivity contribution in [3.8, 4) is 0 Å². The number of halogens is 1. The molecule has 1 aromatic rings. The van der Waals surface area contributed by atoms with Crippen LogP contribution in [0.2, 0.25) is 0 Å². The lowest BCUT2D eigenvalue weighted by atomic mass is 10.3. The molecule has 1 unspecified atom stereocenters. The maximum absolute atomic E-state index is 5.76. The smallest absolute Gasteiger partial charge is 0.191 e. The van der Waals surface area contributed by atoms with E-state index in [1.807, 2.05) is 6.20 Å². The van der Waals surface area contributed by atoms with Crippen LogP contribution in [0.15, 0.2) is 11.2 Å². The number of hydrogen-bond donors (Lipinski definition) is 2. The van der Waals surface area contributed by atoms with Gasteiger partial charge in [-0.1, -0.05) is 6.92 Å². The van der Waals surface area contributed by atoms with Gasteiger partial charge in [-0.3, -0.25) is 0 Å². The Morgan fingerprint density at radius 1 is 1.48 bits per heavy atom. The van der Waals surface area contributed by atoms with E-state index in [4.69, 9.17) is 4.74 Å². The van der Waals surface area contributed by atoms with Gasteiger partial charge in [0.2, 0.25) is 0 Å². The van der Waals surface area contributed by atoms with Gasteiger partial charge in [0, 0.05) is 37.3 Å². The van der Waals surface area contributed by atoms with Crippen LogP contribution in [0, 0.1) is 0 Å². The van der Waals surface area contributed by atoms with Crippen molar-refractivity contribution in [3.63, 3.8) is 0 Å². The lowest BCUT2D eigenvalue weighted by molar-refractivity contribution is -0.0161. The van der Waals surface area contributed by atoms with Crippen molar-refractivity contribution in [2.24, 2.45) is 4.99 Å². The fourth-order valence-corrected chi connectivity index (χ4v) is 3.06. The van der Waals surface area contributed by atoms with Crippen molar-refractivity contribution in [1.29, 1.82) is 0 Å². The number of aryl methyl sites for hydroxylation is 1. The SMILES string of the molecule is CCNC(=NCc1ncc(CC)s1)NCC1CN(C)CCO1.I. The van der Waals surface area contributed by atoms with Gasteiger partial charge in [0.15, 0.2) is 5.96 Å². The molecule has 0 spiro atoms. The van der Waals surface area contributed by atoms with Crippen molar-refractivity contribution in [1.82, 2.24) is 20.5 Å². The average molecular weight is 453 g/mol. The molecule has 0 aromatic carbocycles. The van der Waals surface area contributed by atoms with E-state index in [0.29, 0.717) is 6.54 Å². The third-order valence-corrected chi connectivity index (χ3v) is 4.63. The summed E-state index contributed by atoms with van der Waals surface area (Å²) in [5, 5.41) is 7.70. The first kappa shape index (κ1) is 20.6. The molecule has 2 rings (SSSR count). The molecule has 0 radical (unpaired) electrons. The van der Waals surface area contributed by atoms with Crippen LogP contribution in [0.25, 0.3) is 0 Å². The zero-order chi connectivity index (χ0) is 15.8. The number of likely N-dealkylation sites (N-methyl/N-ethyl adjacent to an activating group) is 1. The number of guanidine groups is 1. The number of nitrogens with zero attached hydrogens (tertiary/aromatic N) is 3. The molecule has 132 valence electrons. The predicted molar refractivity (Wildman–Crippen MR) is 107 cm³/mol. The first-order valence-corrected chi connectivity index (χ1v) is 8.78. The zero-order valence-electron chi connectivity index (χ0n) is 14.2. The zero-order valence-corrected chi connectivity index (χ0v) is 17.3. The second-order valence-electron chi connectivity index (χ2n) is 5.40. The van der Waals surface area contributed by atoms with Crippen LogP contribution in [0.3, 0.4) is 0 Å². The number of nitrogens with one attached hydrogen (secondary N) is 2. The summed E-state index contributed by atoms with van der Waals surface area (Å²) in [5.74, 6) is 0.826. The van der Waals surface area contributed by atoms with Crippen molar-refractivity contribution >= 4 is 41.3 Å². The second-order valence-corrected chi connectivity index (χ2v) is 6.60. The molecule has 2 heterocycles. The molecule has 0 aliphatic carbocycles. The Morgan fingerprint density at radius 3 is 2.96 bits per heavy atom. The van der Waals surface area contributed by atoms with E-state index in [0.717, 1.165) is 50.2 Å². The third-order valence-electron chi connectivity index (χ3n) is 3.51. The fourth-order valence-electron chi connectivity index (χ4n) is 2.27. The standard InChI is InChI=1S/C15H27N5OS.HI/c1-4-13-9-17-14(22-13)10-19-15(16-5-2)18-8-12-11-20(3)6-7-21-12;/h9,12H,4-8,10-11H2,1-3H3,(H2,16,18,19);1H. The van der Waals surface area contributed by atoms with Crippen LogP contribution in [0.4, 0.5) is 0 Å². The molecule has 1 fully saturated rings. The summed E-state index contributed by atoms with van der Waals surface area (Å²) >= 11 is 1.73. The Bertz CT molecular complexity index is 482. The number of aliphatic imine (C=N–C) groups is 1. The summed E-state index contributed by atoms with van der Waals surface area (Å²) in [6.45, 7) is 9.21. The molecule has 2 N–H and O–H groups in total. The molecule has 0 bridgehead atoms. The third kappa shape index (κ3) is 7.32. The van der Waals surface area contributed by atoms with E-state index >= 15 is 0 Å². The van der Waals surface area contributed by atoms with Gasteiger partial charge in [0.25, 0.3) is 0 Å². The highest BCUT2D eigenvalue weighted by Gasteiger charge is 2.17. The molecule has 8 heteroatoms. The summed E-state index contributed by atoms with van der Waals surface area (Å²) in [6, 6.07) is 0. The largest absolute Gasteiger partial charge is 0.374 e. The average Bonchev–Trinajstić information content (AvgIpc) is 2.98. The van der Waals surface area contributed by atoms with Crippen molar-refractivity contribution < 1.29 is 4.74 Å². The molecular formula is C15H28IN5OS. The Balaban J connectivity index is 0.00000264. The number of thiazole rings is 1. The molecule has 1 aromatic heterocycles. The van der Waals surface area contributed by atoms with E-state index in [-0.39, 0.29) is 30.1 Å². The van der Waals surface area contributed by atoms with Gasteiger partial charge in [0.05, 0.1) is 19.3 Å². The number of aromatic nitrogens is 1. The van der Waals surface area contributed by atoms with Gasteiger partial charge in [-0.25, -0.2) is 9.98 Å². The lowest BCUT2D eigenvalue weighted by Crippen LogP contribution is -2.48. The van der Waals surface area contributed by atoms with Crippen LogP contribution >= 0.6 is 35.3 Å². The van der Waals surface area contributed by atoms with Crippen molar-refractivity contribution in [2.45, 2.75) is 32.9 Å². The van der Waals surface area contributed by atoms with Crippen molar-refractivity contribution in [3.05, 3.63) is 16.1 Å². The normalized spacial score (nSPS) is 19.3. The number of rotatable bonds is 6. The van der Waals surface area contributed by atoms with Crippen LogP contribution in [-0.4, -0.2) is 61.8 Å². The van der Waals surface area contributed by atoms with E-state index in [1.165, 1.54) is 4.88 Å². The summed E-state index contributed by atoms with van der Waals surface area (Å²) in [5.41, 5.74) is 0. The van der Waals surface area contributed by atoms with Gasteiger partial charge in [0.1, 0.15) is 5.01 Å². The maximum atomic E-state index is 5.76. The first-order chi connectivity index (χ1) is 10.7. The second kappa shape index (κ2) is 11.2. The molecule has 1 aliphatic rings. The Hall–Kier alpha value is -0.450. The monoisotopic (exact) mass is 453 g/mol. The molecule has 1 aliphatic heterocycles. The van der Waals surface area contributed by atoms with E-state index < -0.39 is 0 Å². The van der Waals surface area contributed by atoms with Gasteiger partial charge in [-0.05, 0) is 20.4 Å². The molecule has 0 amide bonds. The van der Waals surface area contributed by atoms with Gasteiger partial charge in [-0.2, -0.15) is 0 Å². The minimum absolute atomic E-state index is 0. The molecule has 1 saturated heterocycles. The summed E-state index contributed by atoms with van der Waals surface area (Å²) < 4.78 is 5.76. The predicted octanol–water partition coefficient (Wildman–Crippen LogP) is 1.71. The highest BCUT2D eigenvalue weighted by atomic mass is 127. The Morgan fingerprint density at radius 2 is 2.30 bits per heavy atom. The maximum Gasteiger partial charge on any atom is 0.191 e.